The molecule has 2 aromatic rings. The molecule has 0 aliphatic carbocycles. The topological polar surface area (TPSA) is 65.7 Å². The minimum atomic E-state index is 0.363. The van der Waals surface area contributed by atoms with Crippen molar-refractivity contribution >= 4 is 17.6 Å². The predicted molar refractivity (Wildman–Crippen MR) is 123 cm³/mol. The van der Waals surface area contributed by atoms with Crippen molar-refractivity contribution in [3.63, 3.8) is 0 Å². The third kappa shape index (κ3) is 6.74. The van der Waals surface area contributed by atoms with Crippen LogP contribution in [-0.4, -0.2) is 42.2 Å². The van der Waals surface area contributed by atoms with Gasteiger partial charge in [-0.25, -0.2) is 4.99 Å². The maximum atomic E-state index is 6.31. The van der Waals surface area contributed by atoms with Crippen molar-refractivity contribution in [3.05, 3.63) is 52.4 Å². The molecule has 0 atom stereocenters. The summed E-state index contributed by atoms with van der Waals surface area (Å²) in [6.45, 7) is 11.7. The Hall–Kier alpha value is -2.05. The molecule has 0 spiro atoms. The van der Waals surface area contributed by atoms with Crippen molar-refractivity contribution < 1.29 is 4.52 Å². The van der Waals surface area contributed by atoms with E-state index in [2.05, 4.69) is 58.6 Å². The number of aromatic nitrogens is 1. The van der Waals surface area contributed by atoms with Gasteiger partial charge in [0.05, 0.1) is 5.69 Å². The minimum absolute atomic E-state index is 0.363. The van der Waals surface area contributed by atoms with E-state index < -0.39 is 0 Å². The van der Waals surface area contributed by atoms with Gasteiger partial charge in [0, 0.05) is 30.7 Å². The molecule has 1 aliphatic heterocycles. The third-order valence-corrected chi connectivity index (χ3v) is 5.89. The second-order valence-corrected chi connectivity index (χ2v) is 8.67. The molecule has 0 radical (unpaired) electrons. The molecule has 2 N–H and O–H groups in total. The molecule has 7 heteroatoms. The highest BCUT2D eigenvalue weighted by Crippen LogP contribution is 2.22. The van der Waals surface area contributed by atoms with Crippen LogP contribution >= 0.6 is 11.6 Å². The molecule has 1 saturated heterocycles. The molecule has 1 aromatic carbocycles. The average molecular weight is 432 g/mol. The Balaban J connectivity index is 1.44. The number of hydrogen-bond donors (Lipinski definition) is 2. The van der Waals surface area contributed by atoms with Crippen LogP contribution in [-0.2, 0) is 13.1 Å². The number of hydrogen-bond acceptors (Lipinski definition) is 4. The number of piperidine rings is 1. The summed E-state index contributed by atoms with van der Waals surface area (Å²) in [5.41, 5.74) is 2.19. The van der Waals surface area contributed by atoms with E-state index in [1.807, 2.05) is 18.2 Å². The number of guanidine groups is 1. The van der Waals surface area contributed by atoms with E-state index in [1.54, 1.807) is 0 Å². The standard InChI is InChI=1S/C23H34ClN5O/c1-4-25-23(27-15-20-13-22(17(2)3)28-30-20)26-14-18-9-11-29(12-10-18)16-19-7-5-6-8-21(19)24/h5-8,13,17-18H,4,9-12,14-16H2,1-3H3,(H2,25,26,27). The summed E-state index contributed by atoms with van der Waals surface area (Å²) in [5, 5.41) is 11.8. The predicted octanol–water partition coefficient (Wildman–Crippen LogP) is 4.42. The van der Waals surface area contributed by atoms with E-state index in [-0.39, 0.29) is 0 Å². The van der Waals surface area contributed by atoms with E-state index >= 15 is 0 Å². The van der Waals surface area contributed by atoms with Gasteiger partial charge in [-0.05, 0) is 56.3 Å². The third-order valence-electron chi connectivity index (χ3n) is 5.52. The fourth-order valence-electron chi connectivity index (χ4n) is 3.63. The van der Waals surface area contributed by atoms with Crippen LogP contribution in [0.15, 0.2) is 39.8 Å². The first-order valence-electron chi connectivity index (χ1n) is 11.0. The Kier molecular flexibility index (Phi) is 8.58. The second-order valence-electron chi connectivity index (χ2n) is 8.26. The molecule has 1 aliphatic rings. The zero-order valence-electron chi connectivity index (χ0n) is 18.3. The van der Waals surface area contributed by atoms with Crippen molar-refractivity contribution in [3.8, 4) is 0 Å². The van der Waals surface area contributed by atoms with Gasteiger partial charge in [0.25, 0.3) is 0 Å². The van der Waals surface area contributed by atoms with Crippen molar-refractivity contribution in [2.24, 2.45) is 10.9 Å². The van der Waals surface area contributed by atoms with Crippen LogP contribution in [0, 0.1) is 5.92 Å². The maximum absolute atomic E-state index is 6.31. The lowest BCUT2D eigenvalue weighted by Crippen LogP contribution is -2.42. The van der Waals surface area contributed by atoms with Gasteiger partial charge < -0.3 is 15.2 Å². The average Bonchev–Trinajstić information content (AvgIpc) is 3.22. The quantitative estimate of drug-likeness (QED) is 0.478. The summed E-state index contributed by atoms with van der Waals surface area (Å²) in [5.74, 6) is 2.64. The van der Waals surface area contributed by atoms with E-state index in [9.17, 15) is 0 Å². The first-order chi connectivity index (χ1) is 14.5. The highest BCUT2D eigenvalue weighted by atomic mass is 35.5. The number of aliphatic imine (C=N–C) groups is 1. The molecular formula is C23H34ClN5O. The molecule has 0 unspecified atom stereocenters. The highest BCUT2D eigenvalue weighted by molar-refractivity contribution is 6.31. The van der Waals surface area contributed by atoms with Crippen molar-refractivity contribution in [2.45, 2.75) is 52.6 Å². The second kappa shape index (κ2) is 11.4. The number of rotatable bonds is 8. The van der Waals surface area contributed by atoms with Crippen molar-refractivity contribution in [1.29, 1.82) is 0 Å². The van der Waals surface area contributed by atoms with Crippen LogP contribution in [0.4, 0.5) is 0 Å². The molecule has 30 heavy (non-hydrogen) atoms. The summed E-state index contributed by atoms with van der Waals surface area (Å²) >= 11 is 6.31. The zero-order valence-corrected chi connectivity index (χ0v) is 19.1. The summed E-state index contributed by atoms with van der Waals surface area (Å²) in [6.07, 6.45) is 2.35. The van der Waals surface area contributed by atoms with E-state index in [1.165, 1.54) is 18.4 Å². The van der Waals surface area contributed by atoms with Gasteiger partial charge in [0.15, 0.2) is 11.7 Å². The largest absolute Gasteiger partial charge is 0.359 e. The number of halogens is 1. The number of nitrogens with one attached hydrogen (secondary N) is 2. The van der Waals surface area contributed by atoms with Crippen molar-refractivity contribution in [1.82, 2.24) is 20.7 Å². The maximum Gasteiger partial charge on any atom is 0.191 e. The van der Waals surface area contributed by atoms with Gasteiger partial charge in [0.1, 0.15) is 6.54 Å². The highest BCUT2D eigenvalue weighted by Gasteiger charge is 2.20. The monoisotopic (exact) mass is 431 g/mol. The van der Waals surface area contributed by atoms with Crippen LogP contribution in [0.3, 0.4) is 0 Å². The molecule has 0 saturated carbocycles. The zero-order chi connectivity index (χ0) is 21.3. The van der Waals surface area contributed by atoms with E-state index in [0.717, 1.165) is 55.2 Å². The molecule has 2 heterocycles. The van der Waals surface area contributed by atoms with Gasteiger partial charge in [-0.15, -0.1) is 0 Å². The van der Waals surface area contributed by atoms with Crippen LogP contribution in [0.5, 0.6) is 0 Å². The first kappa shape index (κ1) is 22.6. The fourth-order valence-corrected chi connectivity index (χ4v) is 3.83. The lowest BCUT2D eigenvalue weighted by atomic mass is 9.96. The van der Waals surface area contributed by atoms with E-state index in [4.69, 9.17) is 16.1 Å². The van der Waals surface area contributed by atoms with Gasteiger partial charge in [-0.1, -0.05) is 48.8 Å². The lowest BCUT2D eigenvalue weighted by molar-refractivity contribution is 0.178. The van der Waals surface area contributed by atoms with Gasteiger partial charge in [-0.3, -0.25) is 4.90 Å². The molecule has 0 amide bonds. The number of likely N-dealkylation sites (tertiary alicyclic amines) is 1. The molecule has 1 fully saturated rings. The molecular weight excluding hydrogens is 398 g/mol. The summed E-state index contributed by atoms with van der Waals surface area (Å²) in [4.78, 5) is 7.15. The first-order valence-corrected chi connectivity index (χ1v) is 11.4. The summed E-state index contributed by atoms with van der Waals surface area (Å²) in [7, 11) is 0. The Morgan fingerprint density at radius 1 is 1.27 bits per heavy atom. The SMILES string of the molecule is CCNC(=NCc1cc(C(C)C)no1)NCC1CCN(Cc2ccccc2Cl)CC1. The molecule has 6 nitrogen and oxygen atoms in total. The Bertz CT molecular complexity index is 811. The molecule has 3 rings (SSSR count). The molecule has 1 aromatic heterocycles. The van der Waals surface area contributed by atoms with Crippen LogP contribution < -0.4 is 10.6 Å². The van der Waals surface area contributed by atoms with Crippen LogP contribution in [0.1, 0.15) is 56.5 Å². The van der Waals surface area contributed by atoms with Gasteiger partial charge in [-0.2, -0.15) is 0 Å². The Labute approximate surface area is 185 Å². The smallest absolute Gasteiger partial charge is 0.191 e. The van der Waals surface area contributed by atoms with Crippen LogP contribution in [0.2, 0.25) is 5.02 Å². The Morgan fingerprint density at radius 3 is 2.70 bits per heavy atom. The van der Waals surface area contributed by atoms with Gasteiger partial charge in [0.2, 0.25) is 0 Å². The number of nitrogens with zero attached hydrogens (tertiary/aromatic N) is 3. The van der Waals surface area contributed by atoms with Crippen molar-refractivity contribution in [2.75, 3.05) is 26.2 Å². The fraction of sp³-hybridized carbons (Fsp3) is 0.565. The minimum Gasteiger partial charge on any atom is -0.359 e. The van der Waals surface area contributed by atoms with Gasteiger partial charge >= 0.3 is 0 Å². The van der Waals surface area contributed by atoms with E-state index in [0.29, 0.717) is 18.4 Å². The van der Waals surface area contributed by atoms with Crippen LogP contribution in [0.25, 0.3) is 0 Å². The number of benzene rings is 1. The lowest BCUT2D eigenvalue weighted by Gasteiger charge is -2.32. The Morgan fingerprint density at radius 2 is 2.03 bits per heavy atom. The normalized spacial score (nSPS) is 16.2. The molecule has 0 bridgehead atoms. The summed E-state index contributed by atoms with van der Waals surface area (Å²) in [6, 6.07) is 10.1. The summed E-state index contributed by atoms with van der Waals surface area (Å²) < 4.78 is 5.39. The molecule has 164 valence electrons.